The smallest absolute Gasteiger partial charge is 0.238 e. The second-order valence-electron chi connectivity index (χ2n) is 5.44. The van der Waals surface area contributed by atoms with Gasteiger partial charge in [-0.2, -0.15) is 0 Å². The Morgan fingerprint density at radius 1 is 1.47 bits per heavy atom. The van der Waals surface area contributed by atoms with Gasteiger partial charge in [0.15, 0.2) is 0 Å². The molecule has 0 aromatic heterocycles. The van der Waals surface area contributed by atoms with Crippen molar-refractivity contribution in [3.63, 3.8) is 0 Å². The highest BCUT2D eigenvalue weighted by Gasteiger charge is 2.30. The minimum Gasteiger partial charge on any atom is -0.324 e. The largest absolute Gasteiger partial charge is 0.324 e. The number of para-hydroxylation sites is 1. The molecule has 1 aliphatic heterocycles. The Kier molecular flexibility index (Phi) is 4.81. The van der Waals surface area contributed by atoms with Crippen molar-refractivity contribution in [3.8, 4) is 0 Å². The van der Waals surface area contributed by atoms with Crippen molar-refractivity contribution in [2.45, 2.75) is 19.4 Å². The van der Waals surface area contributed by atoms with Gasteiger partial charge in [0.2, 0.25) is 5.91 Å². The summed E-state index contributed by atoms with van der Waals surface area (Å²) in [6, 6.07) is 7.83. The lowest BCUT2D eigenvalue weighted by molar-refractivity contribution is -0.119. The van der Waals surface area contributed by atoms with Gasteiger partial charge in [0.25, 0.3) is 0 Å². The highest BCUT2D eigenvalue weighted by atomic mass is 127. The van der Waals surface area contributed by atoms with Crippen LogP contribution in [0.15, 0.2) is 24.3 Å². The molecular weight excluding hydrogens is 353 g/mol. The lowest BCUT2D eigenvalue weighted by Crippen LogP contribution is -2.59. The van der Waals surface area contributed by atoms with Crippen molar-refractivity contribution in [2.75, 3.05) is 31.5 Å². The number of piperazine rings is 1. The molecule has 0 saturated carbocycles. The molecule has 0 bridgehead atoms. The van der Waals surface area contributed by atoms with Gasteiger partial charge < -0.3 is 10.6 Å². The van der Waals surface area contributed by atoms with E-state index in [0.717, 1.165) is 28.9 Å². The number of amides is 1. The van der Waals surface area contributed by atoms with Gasteiger partial charge in [-0.05, 0) is 48.6 Å². The van der Waals surface area contributed by atoms with E-state index in [1.54, 1.807) is 0 Å². The van der Waals surface area contributed by atoms with Crippen molar-refractivity contribution in [1.29, 1.82) is 0 Å². The highest BCUT2D eigenvalue weighted by Crippen LogP contribution is 2.18. The molecule has 104 valence electrons. The van der Waals surface area contributed by atoms with Crippen LogP contribution in [0.5, 0.6) is 0 Å². The van der Waals surface area contributed by atoms with Crippen LogP contribution in [-0.4, -0.2) is 42.5 Å². The van der Waals surface area contributed by atoms with Gasteiger partial charge in [0, 0.05) is 28.7 Å². The second-order valence-corrected chi connectivity index (χ2v) is 6.60. The van der Waals surface area contributed by atoms with E-state index in [9.17, 15) is 4.79 Å². The van der Waals surface area contributed by atoms with Crippen LogP contribution in [0.3, 0.4) is 0 Å². The third-order valence-corrected chi connectivity index (χ3v) is 4.40. The Hall–Kier alpha value is -0.660. The maximum Gasteiger partial charge on any atom is 0.238 e. The molecule has 1 amide bonds. The van der Waals surface area contributed by atoms with Crippen LogP contribution in [0.2, 0.25) is 0 Å². The average molecular weight is 373 g/mol. The van der Waals surface area contributed by atoms with Gasteiger partial charge in [0.05, 0.1) is 12.2 Å². The fourth-order valence-corrected chi connectivity index (χ4v) is 2.76. The number of carbonyl (C=O) groups is 1. The molecule has 0 radical (unpaired) electrons. The van der Waals surface area contributed by atoms with E-state index < -0.39 is 0 Å². The highest BCUT2D eigenvalue weighted by molar-refractivity contribution is 14.1. The quantitative estimate of drug-likeness (QED) is 0.796. The van der Waals surface area contributed by atoms with Crippen molar-refractivity contribution in [1.82, 2.24) is 10.2 Å². The Bertz CT molecular complexity index is 462. The number of rotatable bonds is 3. The Morgan fingerprint density at radius 2 is 2.21 bits per heavy atom. The third-order valence-electron chi connectivity index (χ3n) is 3.45. The molecule has 5 heteroatoms. The zero-order valence-electron chi connectivity index (χ0n) is 11.4. The number of carbonyl (C=O) groups excluding carboxylic acids is 1. The fourth-order valence-electron chi connectivity index (χ4n) is 2.24. The monoisotopic (exact) mass is 373 g/mol. The molecule has 1 aliphatic rings. The number of halogens is 1. The normalized spacial score (nSPS) is 19.1. The third kappa shape index (κ3) is 3.90. The predicted octanol–water partition coefficient (Wildman–Crippen LogP) is 1.91. The molecule has 2 N–H and O–H groups in total. The first kappa shape index (κ1) is 14.7. The molecule has 0 atom stereocenters. The maximum absolute atomic E-state index is 12.1. The first-order valence-electron chi connectivity index (χ1n) is 6.49. The molecule has 2 rings (SSSR count). The van der Waals surface area contributed by atoms with Crippen LogP contribution >= 0.6 is 22.6 Å². The van der Waals surface area contributed by atoms with Crippen LogP contribution in [0.1, 0.15) is 13.8 Å². The molecule has 0 spiro atoms. The van der Waals surface area contributed by atoms with E-state index in [0.29, 0.717) is 6.54 Å². The standard InChI is InChI=1S/C14H20IN3O/c1-14(2)10-16-7-8-18(14)9-13(19)17-12-6-4-3-5-11(12)15/h3-6,16H,7-10H2,1-2H3,(H,17,19). The molecular formula is C14H20IN3O. The summed E-state index contributed by atoms with van der Waals surface area (Å²) < 4.78 is 1.06. The molecule has 4 nitrogen and oxygen atoms in total. The van der Waals surface area contributed by atoms with Crippen molar-refractivity contribution >= 4 is 34.2 Å². The number of benzene rings is 1. The van der Waals surface area contributed by atoms with E-state index in [4.69, 9.17) is 0 Å². The first-order chi connectivity index (χ1) is 8.99. The summed E-state index contributed by atoms with van der Waals surface area (Å²) in [5.41, 5.74) is 0.917. The molecule has 1 aromatic rings. The first-order valence-corrected chi connectivity index (χ1v) is 7.57. The van der Waals surface area contributed by atoms with Crippen molar-refractivity contribution < 1.29 is 4.79 Å². The van der Waals surface area contributed by atoms with Crippen LogP contribution in [0, 0.1) is 3.57 Å². The predicted molar refractivity (Wildman–Crippen MR) is 86.3 cm³/mol. The Balaban J connectivity index is 1.96. The van der Waals surface area contributed by atoms with Crippen molar-refractivity contribution in [3.05, 3.63) is 27.8 Å². The van der Waals surface area contributed by atoms with E-state index in [-0.39, 0.29) is 11.4 Å². The van der Waals surface area contributed by atoms with E-state index >= 15 is 0 Å². The second kappa shape index (κ2) is 6.19. The van der Waals surface area contributed by atoms with Crippen LogP contribution in [-0.2, 0) is 4.79 Å². The van der Waals surface area contributed by atoms with Crippen molar-refractivity contribution in [2.24, 2.45) is 0 Å². The average Bonchev–Trinajstić information content (AvgIpc) is 2.35. The van der Waals surface area contributed by atoms with Gasteiger partial charge in [-0.25, -0.2) is 0 Å². The summed E-state index contributed by atoms with van der Waals surface area (Å²) in [4.78, 5) is 14.4. The summed E-state index contributed by atoms with van der Waals surface area (Å²) in [7, 11) is 0. The van der Waals surface area contributed by atoms with Gasteiger partial charge in [-0.1, -0.05) is 12.1 Å². The Labute approximate surface area is 128 Å². The molecule has 19 heavy (non-hydrogen) atoms. The molecule has 1 aromatic carbocycles. The summed E-state index contributed by atoms with van der Waals surface area (Å²) >= 11 is 2.23. The zero-order valence-corrected chi connectivity index (χ0v) is 13.5. The number of hydrogen-bond acceptors (Lipinski definition) is 3. The molecule has 0 unspecified atom stereocenters. The number of hydrogen-bond donors (Lipinski definition) is 2. The maximum atomic E-state index is 12.1. The summed E-state index contributed by atoms with van der Waals surface area (Å²) in [6.45, 7) is 7.55. The number of nitrogens with one attached hydrogen (secondary N) is 2. The van der Waals surface area contributed by atoms with Crippen LogP contribution in [0.4, 0.5) is 5.69 Å². The molecule has 1 fully saturated rings. The molecule has 0 aliphatic carbocycles. The minimum atomic E-state index is 0.0272. The van der Waals surface area contributed by atoms with Gasteiger partial charge in [-0.15, -0.1) is 0 Å². The van der Waals surface area contributed by atoms with Gasteiger partial charge in [0.1, 0.15) is 0 Å². The Morgan fingerprint density at radius 3 is 2.89 bits per heavy atom. The summed E-state index contributed by atoms with van der Waals surface area (Å²) in [5, 5.41) is 6.35. The minimum absolute atomic E-state index is 0.0272. The van der Waals surface area contributed by atoms with Crippen LogP contribution in [0.25, 0.3) is 0 Å². The van der Waals surface area contributed by atoms with E-state index in [1.807, 2.05) is 24.3 Å². The van der Waals surface area contributed by atoms with Gasteiger partial charge in [-0.3, -0.25) is 9.69 Å². The molecule has 1 saturated heterocycles. The zero-order chi connectivity index (χ0) is 13.9. The fraction of sp³-hybridized carbons (Fsp3) is 0.500. The van der Waals surface area contributed by atoms with Gasteiger partial charge >= 0.3 is 0 Å². The number of anilines is 1. The summed E-state index contributed by atoms with van der Waals surface area (Å²) in [5.74, 6) is 0.0547. The van der Waals surface area contributed by atoms with Crippen LogP contribution < -0.4 is 10.6 Å². The van der Waals surface area contributed by atoms with E-state index in [1.165, 1.54) is 0 Å². The lowest BCUT2D eigenvalue weighted by atomic mass is 10.0. The lowest BCUT2D eigenvalue weighted by Gasteiger charge is -2.42. The number of nitrogens with zero attached hydrogens (tertiary/aromatic N) is 1. The molecule has 1 heterocycles. The topological polar surface area (TPSA) is 44.4 Å². The SMILES string of the molecule is CC1(C)CNCCN1CC(=O)Nc1ccccc1I. The van der Waals surface area contributed by atoms with E-state index in [2.05, 4.69) is 52.0 Å². The summed E-state index contributed by atoms with van der Waals surface area (Å²) in [6.07, 6.45) is 0.